The fourth-order valence-electron chi connectivity index (χ4n) is 8.55. The van der Waals surface area contributed by atoms with Crippen LogP contribution in [-0.4, -0.2) is 27.6 Å². The smallest absolute Gasteiger partial charge is 0.0822 e. The molecule has 0 N–H and O–H groups in total. The molecule has 0 amide bonds. The van der Waals surface area contributed by atoms with E-state index in [0.717, 1.165) is 40.1 Å². The number of pyridine rings is 2. The molecule has 9 aromatic rings. The molecule has 63 heavy (non-hydrogen) atoms. The average Bonchev–Trinajstić information content (AvgIpc) is 3.81. The third kappa shape index (κ3) is 9.59. The van der Waals surface area contributed by atoms with Gasteiger partial charge in [0.15, 0.2) is 0 Å². The van der Waals surface area contributed by atoms with Gasteiger partial charge in [-0.15, -0.1) is 53.6 Å². The van der Waals surface area contributed by atoms with Crippen LogP contribution in [0.25, 0.3) is 70.7 Å². The molecule has 0 fully saturated rings. The zero-order valence-corrected chi connectivity index (χ0v) is 42.7. The Hall–Kier alpha value is -5.04. The first-order valence-electron chi connectivity index (χ1n) is 22.1. The first kappa shape index (κ1) is 46.0. The van der Waals surface area contributed by atoms with Crippen LogP contribution in [-0.2, 0) is 26.5 Å². The van der Waals surface area contributed by atoms with E-state index in [2.05, 4.69) is 194 Å². The Labute approximate surface area is 393 Å². The van der Waals surface area contributed by atoms with Gasteiger partial charge < -0.3 is 9.55 Å². The van der Waals surface area contributed by atoms with Crippen LogP contribution in [0.3, 0.4) is 0 Å². The fourth-order valence-corrected chi connectivity index (χ4v) is 11.3. The number of nitrogens with zero attached hydrogens (tertiary/aromatic N) is 4. The van der Waals surface area contributed by atoms with Crippen LogP contribution in [0, 0.1) is 31.9 Å². The average molecular weight is 1040 g/mol. The van der Waals surface area contributed by atoms with Crippen LogP contribution in [0.1, 0.15) is 81.2 Å². The number of fused-ring (bicyclic) bond motifs is 4. The number of hydrogen-bond acceptors (Lipinski definition) is 4. The summed E-state index contributed by atoms with van der Waals surface area (Å²) in [6.07, 6.45) is 7.04. The van der Waals surface area contributed by atoms with Crippen LogP contribution in [0.15, 0.2) is 122 Å². The molecule has 0 unspecified atom stereocenters. The third-order valence-electron chi connectivity index (χ3n) is 11.7. The van der Waals surface area contributed by atoms with Gasteiger partial charge in [0, 0.05) is 42.9 Å². The van der Waals surface area contributed by atoms with Crippen LogP contribution >= 0.6 is 11.3 Å². The van der Waals surface area contributed by atoms with Crippen molar-refractivity contribution in [2.75, 3.05) is 0 Å². The Morgan fingerprint density at radius 3 is 2.10 bits per heavy atom. The van der Waals surface area contributed by atoms with E-state index in [9.17, 15) is 0 Å². The number of benzene rings is 5. The summed E-state index contributed by atoms with van der Waals surface area (Å²) in [6.45, 7) is 25.1. The zero-order chi connectivity index (χ0) is 43.9. The summed E-state index contributed by atoms with van der Waals surface area (Å²) >= 11 is 1.83. The van der Waals surface area contributed by atoms with Crippen LogP contribution in [0.4, 0.5) is 0 Å². The maximum Gasteiger partial charge on any atom is 0.0822 e. The second-order valence-corrected chi connectivity index (χ2v) is 25.0. The van der Waals surface area contributed by atoms with Gasteiger partial charge in [-0.05, 0) is 98.6 Å². The Morgan fingerprint density at radius 1 is 0.730 bits per heavy atom. The molecule has 4 heterocycles. The molecule has 4 nitrogen and oxygen atoms in total. The fraction of sp³-hybridized carbons (Fsp3) is 0.268. The van der Waals surface area contributed by atoms with Crippen molar-refractivity contribution >= 4 is 55.8 Å². The molecular weight excluding hydrogens is 981 g/mol. The minimum atomic E-state index is -1.35. The van der Waals surface area contributed by atoms with Crippen molar-refractivity contribution in [2.24, 2.45) is 5.92 Å². The SMILES string of the molecule is Cc1c[c-]c(-c2cc(CC(C)C)c([Si](C)(C)C)cn2)cc1.Cc1ccc2sc3c(-c4nc5ccncc5n4-c4c(C(C)C)cc(-c5ccccc5)cc4C(C)C)[c-]ccc3c2c1.[Ir]. The van der Waals surface area contributed by atoms with E-state index in [1.54, 1.807) is 0 Å². The van der Waals surface area contributed by atoms with Crippen molar-refractivity contribution in [3.8, 4) is 39.5 Å². The van der Waals surface area contributed by atoms with Crippen molar-refractivity contribution in [2.45, 2.75) is 93.3 Å². The zero-order valence-electron chi connectivity index (χ0n) is 38.5. The molecule has 0 saturated heterocycles. The van der Waals surface area contributed by atoms with Gasteiger partial charge in [-0.1, -0.05) is 139 Å². The van der Waals surface area contributed by atoms with Crippen LogP contribution in [0.2, 0.25) is 19.6 Å². The van der Waals surface area contributed by atoms with Crippen molar-refractivity contribution in [1.29, 1.82) is 0 Å². The van der Waals surface area contributed by atoms with Gasteiger partial charge in [0.1, 0.15) is 0 Å². The maximum absolute atomic E-state index is 5.28. The molecule has 9 rings (SSSR count). The summed E-state index contributed by atoms with van der Waals surface area (Å²) in [6, 6.07) is 44.0. The predicted octanol–water partition coefficient (Wildman–Crippen LogP) is 15.1. The van der Waals surface area contributed by atoms with Crippen molar-refractivity contribution < 1.29 is 20.1 Å². The Kier molecular flexibility index (Phi) is 13.8. The van der Waals surface area contributed by atoms with Crippen LogP contribution < -0.4 is 5.19 Å². The standard InChI is InChI=1S/C37H32N3S.C19H26NSi.Ir/c1-22(2)29-19-26(25-10-7-6-8-11-25)20-30(23(3)4)35(29)40-33-21-38-17-16-32(33)39-37(40)28-13-9-12-27-31-18-24(5)14-15-34(31)41-36(27)28;1-14(2)11-17-12-18(16-9-7-15(3)8-10-16)20-13-19(17)21(4,5)6;/h6-12,14-23H,1-5H3;7-9,12-14H,11H2,1-6H3;/q2*-1;. The van der Waals surface area contributed by atoms with E-state index in [1.807, 2.05) is 35.9 Å². The molecule has 0 bridgehead atoms. The number of imidazole rings is 1. The van der Waals surface area contributed by atoms with E-state index in [4.69, 9.17) is 9.97 Å². The topological polar surface area (TPSA) is 43.6 Å². The molecule has 1 radical (unpaired) electrons. The molecular formula is C56H58IrN4SSi-2. The summed E-state index contributed by atoms with van der Waals surface area (Å²) in [5.74, 6) is 2.19. The summed E-state index contributed by atoms with van der Waals surface area (Å²) in [5, 5.41) is 4.04. The van der Waals surface area contributed by atoms with Gasteiger partial charge in [0.05, 0.1) is 31.1 Å². The summed E-state index contributed by atoms with van der Waals surface area (Å²) in [4.78, 5) is 14.6. The molecule has 5 aromatic carbocycles. The Morgan fingerprint density at radius 2 is 1.44 bits per heavy atom. The Bertz CT molecular complexity index is 3000. The first-order chi connectivity index (χ1) is 29.7. The number of aromatic nitrogens is 4. The first-order valence-corrected chi connectivity index (χ1v) is 26.4. The molecule has 0 aliphatic rings. The molecule has 0 aliphatic carbocycles. The molecule has 0 spiro atoms. The molecule has 323 valence electrons. The number of hydrogen-bond donors (Lipinski definition) is 0. The summed E-state index contributed by atoms with van der Waals surface area (Å²) in [7, 11) is -1.35. The van der Waals surface area contributed by atoms with E-state index < -0.39 is 8.07 Å². The van der Waals surface area contributed by atoms with Gasteiger partial charge in [-0.3, -0.25) is 9.97 Å². The molecule has 0 saturated carbocycles. The Balaban J connectivity index is 0.000000229. The van der Waals surface area contributed by atoms with Gasteiger partial charge >= 0.3 is 0 Å². The second kappa shape index (κ2) is 19.0. The van der Waals surface area contributed by atoms with Gasteiger partial charge in [-0.25, -0.2) is 0 Å². The minimum absolute atomic E-state index is 0. The van der Waals surface area contributed by atoms with E-state index in [1.165, 1.54) is 70.0 Å². The minimum Gasteiger partial charge on any atom is -0.331 e. The molecule has 7 heteroatoms. The predicted molar refractivity (Wildman–Crippen MR) is 269 cm³/mol. The number of aryl methyl sites for hydroxylation is 2. The summed E-state index contributed by atoms with van der Waals surface area (Å²) in [5.41, 5.74) is 15.4. The number of rotatable bonds is 9. The van der Waals surface area contributed by atoms with E-state index >= 15 is 0 Å². The van der Waals surface area contributed by atoms with E-state index in [0.29, 0.717) is 17.8 Å². The van der Waals surface area contributed by atoms with Gasteiger partial charge in [-0.2, -0.15) is 11.3 Å². The molecule has 0 aliphatic heterocycles. The van der Waals surface area contributed by atoms with Crippen LogP contribution in [0.5, 0.6) is 0 Å². The van der Waals surface area contributed by atoms with E-state index in [-0.39, 0.29) is 20.1 Å². The van der Waals surface area contributed by atoms with Gasteiger partial charge in [0.2, 0.25) is 0 Å². The second-order valence-electron chi connectivity index (χ2n) is 18.9. The summed E-state index contributed by atoms with van der Waals surface area (Å²) < 4.78 is 4.87. The van der Waals surface area contributed by atoms with Gasteiger partial charge in [0.25, 0.3) is 0 Å². The largest absolute Gasteiger partial charge is 0.331 e. The third-order valence-corrected chi connectivity index (χ3v) is 15.0. The molecule has 4 aromatic heterocycles. The monoisotopic (exact) mass is 1040 g/mol. The van der Waals surface area contributed by atoms with Crippen molar-refractivity contribution in [3.05, 3.63) is 162 Å². The van der Waals surface area contributed by atoms with Crippen molar-refractivity contribution in [1.82, 2.24) is 19.5 Å². The quantitative estimate of drug-likeness (QED) is 0.107. The normalized spacial score (nSPS) is 11.8. The van der Waals surface area contributed by atoms with Crippen molar-refractivity contribution in [3.63, 3.8) is 0 Å². The number of thiophene rings is 1. The molecule has 0 atom stereocenters. The maximum atomic E-state index is 5.28.